The molecule has 0 radical (unpaired) electrons. The van der Waals surface area contributed by atoms with Gasteiger partial charge in [-0.2, -0.15) is 0 Å². The van der Waals surface area contributed by atoms with Crippen molar-refractivity contribution in [1.29, 1.82) is 0 Å². The van der Waals surface area contributed by atoms with E-state index in [9.17, 15) is 5.11 Å². The molecular weight excluding hydrogens is 242 g/mol. The zero-order chi connectivity index (χ0) is 13.5. The van der Waals surface area contributed by atoms with Crippen LogP contribution in [0, 0.1) is 0 Å². The average Bonchev–Trinajstić information content (AvgIpc) is 2.47. The molecular formula is C14H23N3O2. The van der Waals surface area contributed by atoms with Crippen LogP contribution < -0.4 is 5.32 Å². The summed E-state index contributed by atoms with van der Waals surface area (Å²) in [6.45, 7) is 6.25. The van der Waals surface area contributed by atoms with Crippen molar-refractivity contribution in [2.24, 2.45) is 0 Å². The van der Waals surface area contributed by atoms with Crippen molar-refractivity contribution in [3.63, 3.8) is 0 Å². The molecule has 1 aromatic rings. The summed E-state index contributed by atoms with van der Waals surface area (Å²) in [5, 5.41) is 12.6. The quantitative estimate of drug-likeness (QED) is 0.806. The number of morpholine rings is 1. The fraction of sp³-hybridized carbons (Fsp3) is 0.643. The van der Waals surface area contributed by atoms with Gasteiger partial charge in [-0.15, -0.1) is 0 Å². The van der Waals surface area contributed by atoms with Gasteiger partial charge < -0.3 is 15.2 Å². The predicted octanol–water partition coefficient (Wildman–Crippen LogP) is 1.10. The van der Waals surface area contributed by atoms with Crippen LogP contribution in [0.15, 0.2) is 18.3 Å². The Balaban J connectivity index is 1.90. The summed E-state index contributed by atoms with van der Waals surface area (Å²) >= 11 is 0. The summed E-state index contributed by atoms with van der Waals surface area (Å²) in [5.41, 5.74) is 1.17. The molecule has 0 saturated carbocycles. The van der Waals surface area contributed by atoms with Crippen molar-refractivity contribution in [3.05, 3.63) is 23.9 Å². The Morgan fingerprint density at radius 2 is 2.42 bits per heavy atom. The molecule has 1 saturated heterocycles. The van der Waals surface area contributed by atoms with E-state index in [1.807, 2.05) is 12.3 Å². The molecule has 19 heavy (non-hydrogen) atoms. The Labute approximate surface area is 114 Å². The van der Waals surface area contributed by atoms with Gasteiger partial charge in [0.2, 0.25) is 0 Å². The number of hydrogen-bond acceptors (Lipinski definition) is 5. The van der Waals surface area contributed by atoms with Crippen LogP contribution in [0.3, 0.4) is 0 Å². The molecule has 0 aliphatic carbocycles. The lowest BCUT2D eigenvalue weighted by Gasteiger charge is -2.34. The maximum absolute atomic E-state index is 9.33. The highest BCUT2D eigenvalue weighted by Gasteiger charge is 2.22. The van der Waals surface area contributed by atoms with Crippen LogP contribution in [0.2, 0.25) is 0 Å². The molecule has 1 aromatic heterocycles. The second kappa shape index (κ2) is 7.43. The number of nitrogens with zero attached hydrogens (tertiary/aromatic N) is 2. The second-order valence-corrected chi connectivity index (χ2v) is 4.86. The monoisotopic (exact) mass is 265 g/mol. The van der Waals surface area contributed by atoms with Crippen molar-refractivity contribution in [2.75, 3.05) is 38.2 Å². The summed E-state index contributed by atoms with van der Waals surface area (Å²) in [7, 11) is 0. The molecule has 2 rings (SSSR count). The highest BCUT2D eigenvalue weighted by Crippen LogP contribution is 2.13. The minimum Gasteiger partial charge on any atom is -0.395 e. The number of ether oxygens (including phenoxy) is 1. The molecule has 0 spiro atoms. The number of aliphatic hydroxyl groups is 1. The van der Waals surface area contributed by atoms with Gasteiger partial charge in [-0.3, -0.25) is 4.90 Å². The number of anilines is 1. The van der Waals surface area contributed by atoms with Gasteiger partial charge in [0.15, 0.2) is 0 Å². The third-order valence-corrected chi connectivity index (χ3v) is 3.33. The van der Waals surface area contributed by atoms with E-state index in [4.69, 9.17) is 4.74 Å². The fourth-order valence-electron chi connectivity index (χ4n) is 2.18. The Bertz CT molecular complexity index is 369. The molecule has 0 bridgehead atoms. The smallest absolute Gasteiger partial charge is 0.125 e. The first kappa shape index (κ1) is 14.2. The number of aliphatic hydroxyl groups excluding tert-OH is 1. The maximum Gasteiger partial charge on any atom is 0.125 e. The van der Waals surface area contributed by atoms with Crippen LogP contribution in [0.4, 0.5) is 5.82 Å². The third kappa shape index (κ3) is 4.16. The lowest BCUT2D eigenvalue weighted by molar-refractivity contribution is -0.0313. The first-order valence-electron chi connectivity index (χ1n) is 6.95. The zero-order valence-electron chi connectivity index (χ0n) is 11.5. The SMILES string of the molecule is CCCNc1ccc(CN2CCOCC2CO)cn1. The molecule has 106 valence electrons. The summed E-state index contributed by atoms with van der Waals surface area (Å²) in [5.74, 6) is 0.922. The first-order chi connectivity index (χ1) is 9.33. The van der Waals surface area contributed by atoms with Gasteiger partial charge in [0.05, 0.1) is 25.9 Å². The second-order valence-electron chi connectivity index (χ2n) is 4.86. The molecule has 1 fully saturated rings. The van der Waals surface area contributed by atoms with Crippen LogP contribution in [0.1, 0.15) is 18.9 Å². The van der Waals surface area contributed by atoms with Gasteiger partial charge in [0, 0.05) is 25.8 Å². The van der Waals surface area contributed by atoms with E-state index in [-0.39, 0.29) is 12.6 Å². The largest absolute Gasteiger partial charge is 0.395 e. The molecule has 0 amide bonds. The van der Waals surface area contributed by atoms with E-state index in [1.165, 1.54) is 5.56 Å². The molecule has 2 heterocycles. The number of aromatic nitrogens is 1. The Hall–Kier alpha value is -1.17. The molecule has 1 unspecified atom stereocenters. The molecule has 2 N–H and O–H groups in total. The average molecular weight is 265 g/mol. The number of nitrogens with one attached hydrogen (secondary N) is 1. The van der Waals surface area contributed by atoms with Crippen molar-refractivity contribution >= 4 is 5.82 Å². The summed E-state index contributed by atoms with van der Waals surface area (Å²) in [4.78, 5) is 6.65. The van der Waals surface area contributed by atoms with Gasteiger partial charge in [0.1, 0.15) is 5.82 Å². The van der Waals surface area contributed by atoms with E-state index in [0.29, 0.717) is 6.61 Å². The molecule has 5 nitrogen and oxygen atoms in total. The van der Waals surface area contributed by atoms with Gasteiger partial charge >= 0.3 is 0 Å². The van der Waals surface area contributed by atoms with Crippen molar-refractivity contribution in [2.45, 2.75) is 25.9 Å². The number of rotatable bonds is 6. The van der Waals surface area contributed by atoms with E-state index in [2.05, 4.69) is 28.2 Å². The molecule has 1 aliphatic rings. The maximum atomic E-state index is 9.33. The van der Waals surface area contributed by atoms with E-state index < -0.39 is 0 Å². The molecule has 5 heteroatoms. The van der Waals surface area contributed by atoms with Crippen LogP contribution in [0.5, 0.6) is 0 Å². The normalized spacial score (nSPS) is 20.4. The van der Waals surface area contributed by atoms with Crippen molar-refractivity contribution in [3.8, 4) is 0 Å². The van der Waals surface area contributed by atoms with Gasteiger partial charge in [-0.05, 0) is 18.1 Å². The van der Waals surface area contributed by atoms with Gasteiger partial charge in [0.25, 0.3) is 0 Å². The van der Waals surface area contributed by atoms with E-state index in [1.54, 1.807) is 0 Å². The van der Waals surface area contributed by atoms with Crippen LogP contribution in [0.25, 0.3) is 0 Å². The number of hydrogen-bond donors (Lipinski definition) is 2. The first-order valence-corrected chi connectivity index (χ1v) is 6.95. The van der Waals surface area contributed by atoms with Crippen LogP contribution in [-0.2, 0) is 11.3 Å². The minimum absolute atomic E-state index is 0.103. The van der Waals surface area contributed by atoms with Gasteiger partial charge in [-0.25, -0.2) is 4.98 Å². The summed E-state index contributed by atoms with van der Waals surface area (Å²) in [6, 6.07) is 4.21. The Morgan fingerprint density at radius 1 is 1.53 bits per heavy atom. The molecule has 1 atom stereocenters. The van der Waals surface area contributed by atoms with Crippen LogP contribution >= 0.6 is 0 Å². The topological polar surface area (TPSA) is 57.6 Å². The van der Waals surface area contributed by atoms with Gasteiger partial charge in [-0.1, -0.05) is 13.0 Å². The molecule has 1 aliphatic heterocycles. The molecule has 0 aromatic carbocycles. The number of pyridine rings is 1. The lowest BCUT2D eigenvalue weighted by atomic mass is 10.2. The standard InChI is InChI=1S/C14H23N3O2/c1-2-5-15-14-4-3-12(8-16-14)9-17-6-7-19-11-13(17)10-18/h3-4,8,13,18H,2,5-7,9-11H2,1H3,(H,15,16). The summed E-state index contributed by atoms with van der Waals surface area (Å²) in [6.07, 6.45) is 3.00. The predicted molar refractivity (Wildman–Crippen MR) is 75.1 cm³/mol. The Kier molecular flexibility index (Phi) is 5.57. The van der Waals surface area contributed by atoms with E-state index in [0.717, 1.165) is 38.5 Å². The minimum atomic E-state index is 0.103. The van der Waals surface area contributed by atoms with Crippen molar-refractivity contribution < 1.29 is 9.84 Å². The fourth-order valence-corrected chi connectivity index (χ4v) is 2.18. The highest BCUT2D eigenvalue weighted by molar-refractivity contribution is 5.35. The Morgan fingerprint density at radius 3 is 3.11 bits per heavy atom. The van der Waals surface area contributed by atoms with Crippen molar-refractivity contribution in [1.82, 2.24) is 9.88 Å². The zero-order valence-corrected chi connectivity index (χ0v) is 11.5. The van der Waals surface area contributed by atoms with E-state index >= 15 is 0 Å². The third-order valence-electron chi connectivity index (χ3n) is 3.33. The highest BCUT2D eigenvalue weighted by atomic mass is 16.5. The lowest BCUT2D eigenvalue weighted by Crippen LogP contribution is -2.46. The summed E-state index contributed by atoms with van der Waals surface area (Å²) < 4.78 is 5.38. The van der Waals surface area contributed by atoms with Crippen LogP contribution in [-0.4, -0.2) is 53.9 Å².